The van der Waals surface area contributed by atoms with Crippen molar-refractivity contribution in [3.8, 4) is 22.9 Å². The number of aromatic nitrogens is 2. The van der Waals surface area contributed by atoms with Crippen LogP contribution in [-0.2, 0) is 7.05 Å². The van der Waals surface area contributed by atoms with Crippen LogP contribution in [0, 0.1) is 0 Å². The van der Waals surface area contributed by atoms with Crippen molar-refractivity contribution in [1.82, 2.24) is 9.55 Å². The normalized spacial score (nSPS) is 10.9. The van der Waals surface area contributed by atoms with E-state index in [4.69, 9.17) is 10.5 Å². The molecular formula is C15H15N3O2. The number of hydrogen-bond donors (Lipinski definition) is 2. The summed E-state index contributed by atoms with van der Waals surface area (Å²) in [6.45, 7) is 0. The number of nitrogens with two attached hydrogens (primary N) is 1. The minimum atomic E-state index is 0.121. The number of aromatic hydroxyl groups is 1. The maximum atomic E-state index is 10.0. The molecule has 1 heterocycles. The molecule has 2 aromatic carbocycles. The average molecular weight is 269 g/mol. The first-order valence-corrected chi connectivity index (χ1v) is 6.19. The van der Waals surface area contributed by atoms with Gasteiger partial charge in [0.25, 0.3) is 0 Å². The summed E-state index contributed by atoms with van der Waals surface area (Å²) in [4.78, 5) is 4.56. The highest BCUT2D eigenvalue weighted by Gasteiger charge is 2.13. The van der Waals surface area contributed by atoms with E-state index < -0.39 is 0 Å². The van der Waals surface area contributed by atoms with Crippen molar-refractivity contribution in [2.45, 2.75) is 0 Å². The standard InChI is InChI=1S/C15H15N3O2/c1-18-13-6-4-10(20-2)8-12(13)17-15(18)11-5-3-9(16)7-14(11)19/h3-8,19H,16H2,1-2H3. The molecule has 5 nitrogen and oxygen atoms in total. The Labute approximate surface area is 116 Å². The van der Waals surface area contributed by atoms with Gasteiger partial charge in [0.15, 0.2) is 0 Å². The first kappa shape index (κ1) is 12.3. The second-order valence-electron chi connectivity index (χ2n) is 4.63. The number of hydrogen-bond acceptors (Lipinski definition) is 4. The van der Waals surface area contributed by atoms with Crippen molar-refractivity contribution >= 4 is 16.7 Å². The van der Waals surface area contributed by atoms with Gasteiger partial charge in [0.2, 0.25) is 0 Å². The van der Waals surface area contributed by atoms with Crippen LogP contribution in [0.4, 0.5) is 5.69 Å². The molecule has 0 aliphatic carbocycles. The number of aryl methyl sites for hydroxylation is 1. The zero-order chi connectivity index (χ0) is 14.3. The molecule has 0 fully saturated rings. The summed E-state index contributed by atoms with van der Waals surface area (Å²) in [5, 5.41) is 10.0. The number of nitrogen functional groups attached to an aromatic ring is 1. The van der Waals surface area contributed by atoms with Crippen LogP contribution in [0.15, 0.2) is 36.4 Å². The number of fused-ring (bicyclic) bond motifs is 1. The molecule has 1 aromatic heterocycles. The van der Waals surface area contributed by atoms with Crippen LogP contribution in [-0.4, -0.2) is 21.8 Å². The number of ether oxygens (including phenoxy) is 1. The molecule has 0 aliphatic rings. The Morgan fingerprint density at radius 1 is 1.20 bits per heavy atom. The number of rotatable bonds is 2. The van der Waals surface area contributed by atoms with E-state index in [0.29, 0.717) is 17.1 Å². The Bertz CT molecular complexity index is 793. The summed E-state index contributed by atoms with van der Waals surface area (Å²) in [5.41, 5.74) is 8.61. The van der Waals surface area contributed by atoms with Crippen LogP contribution in [0.2, 0.25) is 0 Å². The predicted molar refractivity (Wildman–Crippen MR) is 78.8 cm³/mol. The van der Waals surface area contributed by atoms with Gasteiger partial charge in [0.05, 0.1) is 23.7 Å². The fourth-order valence-electron chi connectivity index (χ4n) is 2.29. The Hall–Kier alpha value is -2.69. The molecule has 0 bridgehead atoms. The third kappa shape index (κ3) is 1.84. The summed E-state index contributed by atoms with van der Waals surface area (Å²) in [6, 6.07) is 10.7. The highest BCUT2D eigenvalue weighted by Crippen LogP contribution is 2.32. The third-order valence-electron chi connectivity index (χ3n) is 3.35. The molecule has 20 heavy (non-hydrogen) atoms. The topological polar surface area (TPSA) is 73.3 Å². The fraction of sp³-hybridized carbons (Fsp3) is 0.133. The Balaban J connectivity index is 2.23. The van der Waals surface area contributed by atoms with Crippen LogP contribution < -0.4 is 10.5 Å². The minimum Gasteiger partial charge on any atom is -0.507 e. The summed E-state index contributed by atoms with van der Waals surface area (Å²) in [7, 11) is 3.53. The number of nitrogens with zero attached hydrogens (tertiary/aromatic N) is 2. The largest absolute Gasteiger partial charge is 0.507 e. The number of anilines is 1. The molecular weight excluding hydrogens is 254 g/mol. The Morgan fingerprint density at radius 3 is 2.70 bits per heavy atom. The first-order chi connectivity index (χ1) is 9.60. The summed E-state index contributed by atoms with van der Waals surface area (Å²) in [6.07, 6.45) is 0. The lowest BCUT2D eigenvalue weighted by Gasteiger charge is -2.05. The van der Waals surface area contributed by atoms with Crippen LogP contribution in [0.25, 0.3) is 22.4 Å². The number of benzene rings is 2. The first-order valence-electron chi connectivity index (χ1n) is 6.19. The van der Waals surface area contributed by atoms with Crippen molar-refractivity contribution in [2.24, 2.45) is 7.05 Å². The van der Waals surface area contributed by atoms with E-state index in [1.807, 2.05) is 29.8 Å². The van der Waals surface area contributed by atoms with Crippen molar-refractivity contribution in [2.75, 3.05) is 12.8 Å². The minimum absolute atomic E-state index is 0.121. The van der Waals surface area contributed by atoms with Gasteiger partial charge in [0.1, 0.15) is 17.3 Å². The second-order valence-corrected chi connectivity index (χ2v) is 4.63. The molecule has 0 spiro atoms. The van der Waals surface area contributed by atoms with Gasteiger partial charge in [-0.2, -0.15) is 0 Å². The molecule has 0 saturated carbocycles. The van der Waals surface area contributed by atoms with Crippen LogP contribution in [0.5, 0.6) is 11.5 Å². The van der Waals surface area contributed by atoms with Crippen molar-refractivity contribution in [1.29, 1.82) is 0 Å². The maximum absolute atomic E-state index is 10.0. The van der Waals surface area contributed by atoms with Crippen molar-refractivity contribution in [3.63, 3.8) is 0 Å². The van der Waals surface area contributed by atoms with E-state index >= 15 is 0 Å². The van der Waals surface area contributed by atoms with Gasteiger partial charge in [-0.15, -0.1) is 0 Å². The van der Waals surface area contributed by atoms with Gasteiger partial charge in [-0.3, -0.25) is 0 Å². The Morgan fingerprint density at radius 2 is 2.00 bits per heavy atom. The van der Waals surface area contributed by atoms with Gasteiger partial charge in [-0.25, -0.2) is 4.98 Å². The number of imidazole rings is 1. The molecule has 0 aliphatic heterocycles. The molecule has 0 unspecified atom stereocenters. The van der Waals surface area contributed by atoms with E-state index in [1.165, 1.54) is 6.07 Å². The van der Waals surface area contributed by atoms with Gasteiger partial charge >= 0.3 is 0 Å². The molecule has 3 aromatic rings. The molecule has 0 radical (unpaired) electrons. The van der Waals surface area contributed by atoms with Gasteiger partial charge in [-0.05, 0) is 24.3 Å². The smallest absolute Gasteiger partial charge is 0.144 e. The van der Waals surface area contributed by atoms with E-state index in [-0.39, 0.29) is 5.75 Å². The summed E-state index contributed by atoms with van der Waals surface area (Å²) < 4.78 is 7.13. The molecule has 0 atom stereocenters. The molecule has 0 amide bonds. The SMILES string of the molecule is COc1ccc2c(c1)nc(-c1ccc(N)cc1O)n2C. The predicted octanol–water partition coefficient (Wildman–Crippen LogP) is 2.54. The lowest BCUT2D eigenvalue weighted by Crippen LogP contribution is -1.93. The highest BCUT2D eigenvalue weighted by atomic mass is 16.5. The lowest BCUT2D eigenvalue weighted by molar-refractivity contribution is 0.415. The van der Waals surface area contributed by atoms with E-state index in [2.05, 4.69) is 4.98 Å². The third-order valence-corrected chi connectivity index (χ3v) is 3.35. The van der Waals surface area contributed by atoms with Crippen LogP contribution >= 0.6 is 0 Å². The quantitative estimate of drug-likeness (QED) is 0.701. The molecule has 3 rings (SSSR count). The van der Waals surface area contributed by atoms with E-state index in [1.54, 1.807) is 19.2 Å². The molecule has 5 heteroatoms. The highest BCUT2D eigenvalue weighted by molar-refractivity contribution is 5.83. The van der Waals surface area contributed by atoms with Gasteiger partial charge in [0, 0.05) is 24.9 Å². The summed E-state index contributed by atoms with van der Waals surface area (Å²) in [5.74, 6) is 1.56. The zero-order valence-electron chi connectivity index (χ0n) is 11.3. The van der Waals surface area contributed by atoms with Crippen molar-refractivity contribution < 1.29 is 9.84 Å². The summed E-state index contributed by atoms with van der Waals surface area (Å²) >= 11 is 0. The van der Waals surface area contributed by atoms with Crippen LogP contribution in [0.1, 0.15) is 0 Å². The Kier molecular flexibility index (Phi) is 2.75. The second kappa shape index (κ2) is 4.45. The van der Waals surface area contributed by atoms with E-state index in [9.17, 15) is 5.11 Å². The molecule has 102 valence electrons. The molecule has 0 saturated heterocycles. The number of methoxy groups -OCH3 is 1. The molecule has 3 N–H and O–H groups in total. The zero-order valence-corrected chi connectivity index (χ0v) is 11.3. The maximum Gasteiger partial charge on any atom is 0.144 e. The number of phenolic OH excluding ortho intramolecular Hbond substituents is 1. The van der Waals surface area contributed by atoms with E-state index in [0.717, 1.165) is 16.8 Å². The van der Waals surface area contributed by atoms with Crippen LogP contribution in [0.3, 0.4) is 0 Å². The van der Waals surface area contributed by atoms with Crippen molar-refractivity contribution in [3.05, 3.63) is 36.4 Å². The monoisotopic (exact) mass is 269 g/mol. The lowest BCUT2D eigenvalue weighted by atomic mass is 10.1. The van der Waals surface area contributed by atoms with Gasteiger partial charge in [-0.1, -0.05) is 0 Å². The average Bonchev–Trinajstić information content (AvgIpc) is 2.75. The van der Waals surface area contributed by atoms with Gasteiger partial charge < -0.3 is 20.1 Å². The fourth-order valence-corrected chi connectivity index (χ4v) is 2.29. The number of phenols is 1.